The largest absolute Gasteiger partial charge is 0.338 e. The van der Waals surface area contributed by atoms with E-state index in [1.165, 1.54) is 18.3 Å². The average Bonchev–Trinajstić information content (AvgIpc) is 2.37. The normalized spacial score (nSPS) is 10.6. The van der Waals surface area contributed by atoms with Crippen LogP contribution in [0.25, 0.3) is 6.08 Å². The number of hydrogen-bond donors (Lipinski definition) is 2. The zero-order valence-electron chi connectivity index (χ0n) is 10.6. The molecule has 98 valence electrons. The van der Waals surface area contributed by atoms with Gasteiger partial charge < -0.3 is 10.6 Å². The number of rotatable bonds is 6. The van der Waals surface area contributed by atoms with E-state index < -0.39 is 0 Å². The number of unbranched alkanes of at least 4 members (excludes halogenated alkanes) is 2. The standard InChI is InChI=1S/C14H19FN2O/c1-2-3-6-10-16-14(18)17-11-9-12-7-4-5-8-13(12)15/h4-5,7-9,11H,2-3,6,10H2,1H3,(H2,16,17,18)/b11-9+. The van der Waals surface area contributed by atoms with Crippen LogP contribution in [0.15, 0.2) is 30.5 Å². The molecule has 0 radical (unpaired) electrons. The Labute approximate surface area is 107 Å². The van der Waals surface area contributed by atoms with Crippen molar-refractivity contribution in [3.8, 4) is 0 Å². The predicted molar refractivity (Wildman–Crippen MR) is 71.5 cm³/mol. The lowest BCUT2D eigenvalue weighted by Gasteiger charge is -2.03. The van der Waals surface area contributed by atoms with Gasteiger partial charge in [-0.15, -0.1) is 0 Å². The number of carbonyl (C=O) groups excluding carboxylic acids is 1. The summed E-state index contributed by atoms with van der Waals surface area (Å²) in [5, 5.41) is 5.26. The first-order valence-electron chi connectivity index (χ1n) is 6.19. The maximum absolute atomic E-state index is 13.2. The summed E-state index contributed by atoms with van der Waals surface area (Å²) < 4.78 is 13.2. The molecule has 1 aromatic carbocycles. The van der Waals surface area contributed by atoms with Gasteiger partial charge in [0.1, 0.15) is 5.82 Å². The van der Waals surface area contributed by atoms with Crippen molar-refractivity contribution in [2.75, 3.05) is 6.54 Å². The number of benzene rings is 1. The third kappa shape index (κ3) is 5.48. The summed E-state index contributed by atoms with van der Waals surface area (Å²) in [5.41, 5.74) is 0.448. The molecule has 4 heteroatoms. The van der Waals surface area contributed by atoms with E-state index in [1.807, 2.05) is 0 Å². The van der Waals surface area contributed by atoms with Crippen molar-refractivity contribution in [1.82, 2.24) is 10.6 Å². The van der Waals surface area contributed by atoms with Crippen molar-refractivity contribution in [2.24, 2.45) is 0 Å². The van der Waals surface area contributed by atoms with E-state index in [-0.39, 0.29) is 11.8 Å². The first kappa shape index (κ1) is 14.2. The van der Waals surface area contributed by atoms with Crippen LogP contribution in [0, 0.1) is 5.82 Å². The van der Waals surface area contributed by atoms with Gasteiger partial charge in [-0.3, -0.25) is 0 Å². The van der Waals surface area contributed by atoms with Crippen LogP contribution in [0.1, 0.15) is 31.7 Å². The molecule has 0 fully saturated rings. The molecule has 0 heterocycles. The molecule has 0 aliphatic rings. The minimum atomic E-state index is -0.307. The molecule has 0 unspecified atom stereocenters. The highest BCUT2D eigenvalue weighted by Gasteiger charge is 1.97. The van der Waals surface area contributed by atoms with Crippen molar-refractivity contribution < 1.29 is 9.18 Å². The summed E-state index contributed by atoms with van der Waals surface area (Å²) in [7, 11) is 0. The van der Waals surface area contributed by atoms with Crippen LogP contribution in [0.5, 0.6) is 0 Å². The summed E-state index contributed by atoms with van der Waals surface area (Å²) in [4.78, 5) is 11.3. The molecule has 0 saturated carbocycles. The quantitative estimate of drug-likeness (QED) is 0.747. The van der Waals surface area contributed by atoms with Crippen molar-refractivity contribution in [1.29, 1.82) is 0 Å². The zero-order chi connectivity index (χ0) is 13.2. The molecule has 2 amide bonds. The van der Waals surface area contributed by atoms with Gasteiger partial charge >= 0.3 is 6.03 Å². The smallest absolute Gasteiger partial charge is 0.318 e. The van der Waals surface area contributed by atoms with Gasteiger partial charge in [-0.05, 0) is 18.6 Å². The van der Waals surface area contributed by atoms with Crippen LogP contribution in [0.4, 0.5) is 9.18 Å². The number of amides is 2. The molecule has 0 bridgehead atoms. The summed E-state index contributed by atoms with van der Waals surface area (Å²) in [6.07, 6.45) is 6.16. The minimum absolute atomic E-state index is 0.265. The summed E-state index contributed by atoms with van der Waals surface area (Å²) >= 11 is 0. The Balaban J connectivity index is 2.28. The van der Waals surface area contributed by atoms with Gasteiger partial charge in [0, 0.05) is 18.3 Å². The lowest BCUT2D eigenvalue weighted by atomic mass is 10.2. The maximum Gasteiger partial charge on any atom is 0.318 e. The van der Waals surface area contributed by atoms with Gasteiger partial charge in [-0.1, -0.05) is 38.0 Å². The molecule has 0 spiro atoms. The Morgan fingerprint density at radius 3 is 2.83 bits per heavy atom. The fraction of sp³-hybridized carbons (Fsp3) is 0.357. The van der Waals surface area contributed by atoms with Gasteiger partial charge in [0.05, 0.1) is 0 Å². The number of urea groups is 1. The lowest BCUT2D eigenvalue weighted by Crippen LogP contribution is -2.32. The molecule has 18 heavy (non-hydrogen) atoms. The second-order valence-corrected chi connectivity index (χ2v) is 3.96. The third-order valence-corrected chi connectivity index (χ3v) is 2.45. The third-order valence-electron chi connectivity index (χ3n) is 2.45. The Bertz CT molecular complexity index is 405. The van der Waals surface area contributed by atoms with E-state index >= 15 is 0 Å². The Hall–Kier alpha value is -1.84. The first-order valence-corrected chi connectivity index (χ1v) is 6.19. The van der Waals surface area contributed by atoms with E-state index in [4.69, 9.17) is 0 Å². The SMILES string of the molecule is CCCCCNC(=O)N/C=C/c1ccccc1F. The fourth-order valence-corrected chi connectivity index (χ4v) is 1.45. The summed E-state index contributed by atoms with van der Waals surface area (Å²) in [5.74, 6) is -0.307. The van der Waals surface area contributed by atoms with Crippen LogP contribution in [0.2, 0.25) is 0 Å². The number of nitrogens with one attached hydrogen (secondary N) is 2. The topological polar surface area (TPSA) is 41.1 Å². The summed E-state index contributed by atoms with van der Waals surface area (Å²) in [6.45, 7) is 2.77. The molecule has 2 N–H and O–H groups in total. The van der Waals surface area contributed by atoms with Crippen LogP contribution in [0.3, 0.4) is 0 Å². The predicted octanol–water partition coefficient (Wildman–Crippen LogP) is 3.29. The highest BCUT2D eigenvalue weighted by Crippen LogP contribution is 2.07. The molecule has 0 aliphatic heterocycles. The van der Waals surface area contributed by atoms with Crippen LogP contribution in [-0.2, 0) is 0 Å². The van der Waals surface area contributed by atoms with Gasteiger partial charge in [-0.25, -0.2) is 9.18 Å². The van der Waals surface area contributed by atoms with E-state index in [1.54, 1.807) is 18.2 Å². The lowest BCUT2D eigenvalue weighted by molar-refractivity contribution is 0.244. The summed E-state index contributed by atoms with van der Waals surface area (Å²) in [6, 6.07) is 6.13. The fourth-order valence-electron chi connectivity index (χ4n) is 1.45. The van der Waals surface area contributed by atoms with Crippen molar-refractivity contribution >= 4 is 12.1 Å². The van der Waals surface area contributed by atoms with Gasteiger partial charge in [0.25, 0.3) is 0 Å². The van der Waals surface area contributed by atoms with Gasteiger partial charge in [0.2, 0.25) is 0 Å². The van der Waals surface area contributed by atoms with E-state index in [0.717, 1.165) is 19.3 Å². The molecular formula is C14H19FN2O. The average molecular weight is 250 g/mol. The van der Waals surface area contributed by atoms with Gasteiger partial charge in [0.15, 0.2) is 0 Å². The van der Waals surface area contributed by atoms with Crippen molar-refractivity contribution in [3.05, 3.63) is 41.8 Å². The maximum atomic E-state index is 13.2. The van der Waals surface area contributed by atoms with Crippen LogP contribution >= 0.6 is 0 Å². The van der Waals surface area contributed by atoms with Crippen LogP contribution < -0.4 is 10.6 Å². The van der Waals surface area contributed by atoms with E-state index in [0.29, 0.717) is 12.1 Å². The molecule has 0 aromatic heterocycles. The molecule has 0 aliphatic carbocycles. The number of halogens is 1. The second-order valence-electron chi connectivity index (χ2n) is 3.96. The van der Waals surface area contributed by atoms with E-state index in [2.05, 4.69) is 17.6 Å². The second kappa shape index (κ2) is 8.28. The molecule has 0 atom stereocenters. The van der Waals surface area contributed by atoms with Crippen molar-refractivity contribution in [3.63, 3.8) is 0 Å². The molecule has 1 aromatic rings. The number of carbonyl (C=O) groups is 1. The molecule has 1 rings (SSSR count). The zero-order valence-corrected chi connectivity index (χ0v) is 10.6. The number of hydrogen-bond acceptors (Lipinski definition) is 1. The molecule has 3 nitrogen and oxygen atoms in total. The molecular weight excluding hydrogens is 231 g/mol. The first-order chi connectivity index (χ1) is 8.74. The Morgan fingerprint density at radius 2 is 2.11 bits per heavy atom. The Kier molecular flexibility index (Phi) is 6.54. The van der Waals surface area contributed by atoms with E-state index in [9.17, 15) is 9.18 Å². The minimum Gasteiger partial charge on any atom is -0.338 e. The van der Waals surface area contributed by atoms with Crippen LogP contribution in [-0.4, -0.2) is 12.6 Å². The molecule has 0 saturated heterocycles. The van der Waals surface area contributed by atoms with Gasteiger partial charge in [-0.2, -0.15) is 0 Å². The monoisotopic (exact) mass is 250 g/mol. The highest BCUT2D eigenvalue weighted by molar-refractivity contribution is 5.75. The van der Waals surface area contributed by atoms with Crippen molar-refractivity contribution in [2.45, 2.75) is 26.2 Å². The Morgan fingerprint density at radius 1 is 1.33 bits per heavy atom. The highest BCUT2D eigenvalue weighted by atomic mass is 19.1.